The molecule has 1 aliphatic rings. The first-order chi connectivity index (χ1) is 13.5. The van der Waals surface area contributed by atoms with Crippen molar-refractivity contribution in [2.24, 2.45) is 0 Å². The standard InChI is InChI=1S/C18H17N5O3S2/c24-17-19-13-6-5-12(11-15(13)20-17)28(25,26)23-9-7-22(8-10-23)18-21-14-3-1-2-4-16(14)27-18/h1-6,11H,7-10H2,(H2,19,20,24). The van der Waals surface area contributed by atoms with Crippen molar-refractivity contribution in [2.75, 3.05) is 31.1 Å². The van der Waals surface area contributed by atoms with E-state index < -0.39 is 10.0 Å². The third kappa shape index (κ3) is 2.89. The van der Waals surface area contributed by atoms with E-state index in [1.807, 2.05) is 24.3 Å². The molecule has 0 unspecified atom stereocenters. The number of rotatable bonds is 3. The topological polar surface area (TPSA) is 102 Å². The number of nitrogens with one attached hydrogen (secondary N) is 2. The number of nitrogens with zero attached hydrogens (tertiary/aromatic N) is 3. The minimum atomic E-state index is -3.62. The van der Waals surface area contributed by atoms with Crippen molar-refractivity contribution in [1.29, 1.82) is 0 Å². The van der Waals surface area contributed by atoms with Crippen LogP contribution in [0.5, 0.6) is 0 Å². The van der Waals surface area contributed by atoms with Gasteiger partial charge in [-0.2, -0.15) is 4.31 Å². The predicted octanol–water partition coefficient (Wildman–Crippen LogP) is 1.98. The summed E-state index contributed by atoms with van der Waals surface area (Å²) in [6, 6.07) is 12.6. The first-order valence-electron chi connectivity index (χ1n) is 8.83. The number of para-hydroxylation sites is 1. The van der Waals surface area contributed by atoms with Gasteiger partial charge in [0.2, 0.25) is 10.0 Å². The van der Waals surface area contributed by atoms with Crippen LogP contribution >= 0.6 is 11.3 Å². The number of aromatic nitrogens is 3. The van der Waals surface area contributed by atoms with Crippen LogP contribution in [0.25, 0.3) is 21.3 Å². The average Bonchev–Trinajstić information content (AvgIpc) is 3.29. The molecule has 0 atom stereocenters. The van der Waals surface area contributed by atoms with Crippen LogP contribution in [-0.2, 0) is 10.0 Å². The summed E-state index contributed by atoms with van der Waals surface area (Å²) in [6.07, 6.45) is 0. The van der Waals surface area contributed by atoms with Gasteiger partial charge in [-0.05, 0) is 30.3 Å². The number of benzene rings is 2. The second-order valence-electron chi connectivity index (χ2n) is 6.64. The van der Waals surface area contributed by atoms with Crippen LogP contribution in [0.4, 0.5) is 5.13 Å². The zero-order chi connectivity index (χ0) is 19.3. The molecule has 2 aromatic carbocycles. The van der Waals surface area contributed by atoms with Crippen molar-refractivity contribution >= 4 is 47.7 Å². The first kappa shape index (κ1) is 17.4. The number of hydrogen-bond acceptors (Lipinski definition) is 6. The number of thiazole rings is 1. The molecule has 0 bridgehead atoms. The molecule has 0 aliphatic carbocycles. The molecular formula is C18H17N5O3S2. The van der Waals surface area contributed by atoms with Gasteiger partial charge in [0.1, 0.15) is 0 Å². The van der Waals surface area contributed by atoms with Gasteiger partial charge in [0.05, 0.1) is 26.1 Å². The molecule has 2 N–H and O–H groups in total. The van der Waals surface area contributed by atoms with E-state index in [9.17, 15) is 13.2 Å². The third-order valence-electron chi connectivity index (χ3n) is 4.92. The van der Waals surface area contributed by atoms with Crippen LogP contribution in [0.15, 0.2) is 52.2 Å². The summed E-state index contributed by atoms with van der Waals surface area (Å²) in [5, 5.41) is 0.921. The molecule has 144 valence electrons. The van der Waals surface area contributed by atoms with E-state index >= 15 is 0 Å². The lowest BCUT2D eigenvalue weighted by atomic mass is 10.3. The van der Waals surface area contributed by atoms with Gasteiger partial charge < -0.3 is 14.9 Å². The first-order valence-corrected chi connectivity index (χ1v) is 11.1. The Balaban J connectivity index is 1.36. The summed E-state index contributed by atoms with van der Waals surface area (Å²) in [4.78, 5) is 23.6. The minimum Gasteiger partial charge on any atom is -0.345 e. The van der Waals surface area contributed by atoms with Gasteiger partial charge >= 0.3 is 5.69 Å². The molecular weight excluding hydrogens is 398 g/mol. The highest BCUT2D eigenvalue weighted by Crippen LogP contribution is 2.30. The lowest BCUT2D eigenvalue weighted by Crippen LogP contribution is -2.48. The Labute approximate surface area is 164 Å². The number of H-pyrrole nitrogens is 2. The maximum Gasteiger partial charge on any atom is 0.323 e. The Morgan fingerprint density at radius 3 is 2.50 bits per heavy atom. The number of sulfonamides is 1. The van der Waals surface area contributed by atoms with Crippen molar-refractivity contribution in [3.05, 3.63) is 52.9 Å². The fraction of sp³-hybridized carbons (Fsp3) is 0.222. The molecule has 0 spiro atoms. The monoisotopic (exact) mass is 415 g/mol. The molecule has 8 nitrogen and oxygen atoms in total. The van der Waals surface area contributed by atoms with E-state index in [-0.39, 0.29) is 10.6 Å². The molecule has 0 radical (unpaired) electrons. The molecule has 2 aromatic heterocycles. The highest BCUT2D eigenvalue weighted by atomic mass is 32.2. The van der Waals surface area contributed by atoms with Gasteiger partial charge in [-0.15, -0.1) is 0 Å². The molecule has 0 saturated carbocycles. The highest BCUT2D eigenvalue weighted by Gasteiger charge is 2.29. The fourth-order valence-corrected chi connectivity index (χ4v) is 5.90. The van der Waals surface area contributed by atoms with Gasteiger partial charge in [0, 0.05) is 26.2 Å². The van der Waals surface area contributed by atoms with E-state index in [0.29, 0.717) is 37.2 Å². The molecule has 10 heteroatoms. The lowest BCUT2D eigenvalue weighted by molar-refractivity contribution is 0.385. The Kier molecular flexibility index (Phi) is 4.00. The number of anilines is 1. The predicted molar refractivity (Wildman–Crippen MR) is 110 cm³/mol. The zero-order valence-electron chi connectivity index (χ0n) is 14.8. The van der Waals surface area contributed by atoms with Crippen LogP contribution in [-0.4, -0.2) is 53.9 Å². The van der Waals surface area contributed by atoms with Crippen molar-refractivity contribution in [2.45, 2.75) is 4.90 Å². The van der Waals surface area contributed by atoms with E-state index in [2.05, 4.69) is 19.9 Å². The molecule has 4 aromatic rings. The fourth-order valence-electron chi connectivity index (χ4n) is 3.44. The number of aromatic amines is 2. The van der Waals surface area contributed by atoms with Crippen molar-refractivity contribution in [3.63, 3.8) is 0 Å². The largest absolute Gasteiger partial charge is 0.345 e. The Morgan fingerprint density at radius 1 is 0.964 bits per heavy atom. The molecule has 3 heterocycles. The van der Waals surface area contributed by atoms with Crippen molar-refractivity contribution in [3.8, 4) is 0 Å². The van der Waals surface area contributed by atoms with Gasteiger partial charge in [-0.1, -0.05) is 23.5 Å². The van der Waals surface area contributed by atoms with Crippen LogP contribution in [0, 0.1) is 0 Å². The normalized spacial score (nSPS) is 16.2. The van der Waals surface area contributed by atoms with E-state index in [1.165, 1.54) is 16.4 Å². The van der Waals surface area contributed by atoms with Crippen LogP contribution < -0.4 is 10.6 Å². The molecule has 0 amide bonds. The summed E-state index contributed by atoms with van der Waals surface area (Å²) in [5.74, 6) is 0. The van der Waals surface area contributed by atoms with Crippen molar-refractivity contribution < 1.29 is 8.42 Å². The summed E-state index contributed by atoms with van der Waals surface area (Å²) >= 11 is 1.62. The minimum absolute atomic E-state index is 0.184. The third-order valence-corrected chi connectivity index (χ3v) is 7.91. The lowest BCUT2D eigenvalue weighted by Gasteiger charge is -2.33. The van der Waals surface area contributed by atoms with E-state index in [1.54, 1.807) is 17.4 Å². The molecule has 1 fully saturated rings. The van der Waals surface area contributed by atoms with Gasteiger partial charge in [-0.3, -0.25) is 0 Å². The quantitative estimate of drug-likeness (QED) is 0.533. The number of piperazine rings is 1. The van der Waals surface area contributed by atoms with Gasteiger partial charge in [-0.25, -0.2) is 18.2 Å². The maximum atomic E-state index is 13.0. The van der Waals surface area contributed by atoms with Crippen LogP contribution in [0.3, 0.4) is 0 Å². The highest BCUT2D eigenvalue weighted by molar-refractivity contribution is 7.89. The number of fused-ring (bicyclic) bond motifs is 2. The second-order valence-corrected chi connectivity index (χ2v) is 9.59. The summed E-state index contributed by atoms with van der Waals surface area (Å²) in [7, 11) is -3.62. The maximum absolute atomic E-state index is 13.0. The van der Waals surface area contributed by atoms with Gasteiger partial charge in [0.25, 0.3) is 0 Å². The zero-order valence-corrected chi connectivity index (χ0v) is 16.4. The molecule has 1 aliphatic heterocycles. The second kappa shape index (κ2) is 6.43. The molecule has 1 saturated heterocycles. The Bertz CT molecular complexity index is 1300. The average molecular weight is 416 g/mol. The molecule has 5 rings (SSSR count). The summed E-state index contributed by atoms with van der Waals surface area (Å²) in [6.45, 7) is 1.95. The van der Waals surface area contributed by atoms with Gasteiger partial charge in [0.15, 0.2) is 5.13 Å². The summed E-state index contributed by atoms with van der Waals surface area (Å²) in [5.41, 5.74) is 1.68. The van der Waals surface area contributed by atoms with Crippen molar-refractivity contribution in [1.82, 2.24) is 19.3 Å². The number of hydrogen-bond donors (Lipinski definition) is 2. The van der Waals surface area contributed by atoms with Crippen LogP contribution in [0.2, 0.25) is 0 Å². The van der Waals surface area contributed by atoms with E-state index in [4.69, 9.17) is 0 Å². The van der Waals surface area contributed by atoms with Crippen LogP contribution in [0.1, 0.15) is 0 Å². The Hall–Kier alpha value is -2.69. The SMILES string of the molecule is O=c1[nH]c2ccc(S(=O)(=O)N3CCN(c4nc5ccccc5s4)CC3)cc2[nH]1. The summed E-state index contributed by atoms with van der Waals surface area (Å²) < 4.78 is 28.6. The Morgan fingerprint density at radius 2 is 1.71 bits per heavy atom. The molecule has 28 heavy (non-hydrogen) atoms. The van der Waals surface area contributed by atoms with E-state index in [0.717, 1.165) is 15.3 Å². The smallest absolute Gasteiger partial charge is 0.323 e. The number of imidazole rings is 1.